The molecule has 3 aromatic rings. The van der Waals surface area contributed by atoms with Crippen LogP contribution in [0.2, 0.25) is 0 Å². The molecule has 1 aliphatic rings. The van der Waals surface area contributed by atoms with Gasteiger partial charge in [-0.3, -0.25) is 0 Å². The molecule has 2 aromatic carbocycles. The van der Waals surface area contributed by atoms with E-state index in [1.165, 1.54) is 28.6 Å². The van der Waals surface area contributed by atoms with E-state index in [2.05, 4.69) is 4.98 Å². The zero-order valence-electron chi connectivity index (χ0n) is 15.9. The summed E-state index contributed by atoms with van der Waals surface area (Å²) in [6.45, 7) is 2.77. The van der Waals surface area contributed by atoms with Gasteiger partial charge in [-0.05, 0) is 61.7 Å². The summed E-state index contributed by atoms with van der Waals surface area (Å²) in [5.74, 6) is -0.119. The number of halogens is 2. The molecular formula is C21H21F2N3O2S. The molecule has 0 aliphatic carbocycles. The highest BCUT2D eigenvalue weighted by atomic mass is 32.2. The Labute approximate surface area is 168 Å². The van der Waals surface area contributed by atoms with Crippen LogP contribution in [0.1, 0.15) is 36.0 Å². The average molecular weight is 417 g/mol. The summed E-state index contributed by atoms with van der Waals surface area (Å²) in [6, 6.07) is 10.7. The summed E-state index contributed by atoms with van der Waals surface area (Å²) >= 11 is 0. The molecule has 1 atom stereocenters. The third-order valence-corrected chi connectivity index (χ3v) is 7.18. The zero-order chi connectivity index (χ0) is 20.6. The highest BCUT2D eigenvalue weighted by Gasteiger charge is 2.38. The van der Waals surface area contributed by atoms with Gasteiger partial charge in [0.25, 0.3) is 0 Å². The topological polar surface area (TPSA) is 55.2 Å². The second-order valence-corrected chi connectivity index (χ2v) is 9.09. The van der Waals surface area contributed by atoms with Crippen molar-refractivity contribution in [3.63, 3.8) is 0 Å². The van der Waals surface area contributed by atoms with Crippen LogP contribution in [-0.2, 0) is 16.6 Å². The van der Waals surface area contributed by atoms with Crippen molar-refractivity contribution < 1.29 is 17.2 Å². The number of benzene rings is 2. The van der Waals surface area contributed by atoms with Crippen molar-refractivity contribution >= 4 is 10.0 Å². The molecule has 2 heterocycles. The molecule has 152 valence electrons. The van der Waals surface area contributed by atoms with Gasteiger partial charge in [0.2, 0.25) is 10.0 Å². The van der Waals surface area contributed by atoms with E-state index in [9.17, 15) is 17.2 Å². The van der Waals surface area contributed by atoms with E-state index in [0.717, 1.165) is 23.4 Å². The third-order valence-electron chi connectivity index (χ3n) is 5.26. The lowest BCUT2D eigenvalue weighted by molar-refractivity contribution is 0.374. The Morgan fingerprint density at radius 2 is 1.66 bits per heavy atom. The van der Waals surface area contributed by atoms with Gasteiger partial charge >= 0.3 is 0 Å². The van der Waals surface area contributed by atoms with Gasteiger partial charge in [-0.1, -0.05) is 12.1 Å². The first-order chi connectivity index (χ1) is 13.9. The largest absolute Gasteiger partial charge is 0.327 e. The van der Waals surface area contributed by atoms with Crippen molar-refractivity contribution in [2.75, 3.05) is 6.54 Å². The third kappa shape index (κ3) is 3.82. The van der Waals surface area contributed by atoms with Gasteiger partial charge in [-0.15, -0.1) is 0 Å². The lowest BCUT2D eigenvalue weighted by Crippen LogP contribution is -2.32. The number of aryl methyl sites for hydroxylation is 1. The van der Waals surface area contributed by atoms with E-state index in [1.54, 1.807) is 18.3 Å². The van der Waals surface area contributed by atoms with Crippen LogP contribution in [-0.4, -0.2) is 28.8 Å². The van der Waals surface area contributed by atoms with E-state index >= 15 is 0 Å². The fourth-order valence-electron chi connectivity index (χ4n) is 3.75. The monoisotopic (exact) mass is 417 g/mol. The van der Waals surface area contributed by atoms with Gasteiger partial charge in [-0.25, -0.2) is 22.2 Å². The molecular weight excluding hydrogens is 396 g/mol. The van der Waals surface area contributed by atoms with Crippen LogP contribution in [0.5, 0.6) is 0 Å². The first kappa shape index (κ1) is 19.7. The zero-order valence-corrected chi connectivity index (χ0v) is 16.7. The molecule has 29 heavy (non-hydrogen) atoms. The van der Waals surface area contributed by atoms with Gasteiger partial charge < -0.3 is 4.57 Å². The molecule has 1 saturated heterocycles. The van der Waals surface area contributed by atoms with Gasteiger partial charge in [0.15, 0.2) is 0 Å². The van der Waals surface area contributed by atoms with E-state index < -0.39 is 21.9 Å². The van der Waals surface area contributed by atoms with Crippen LogP contribution in [0, 0.1) is 18.6 Å². The molecule has 0 amide bonds. The molecule has 1 unspecified atom stereocenters. The minimum Gasteiger partial charge on any atom is -0.327 e. The number of nitrogens with zero attached hydrogens (tertiary/aromatic N) is 3. The highest BCUT2D eigenvalue weighted by molar-refractivity contribution is 7.89. The van der Waals surface area contributed by atoms with Crippen LogP contribution in [0.4, 0.5) is 8.78 Å². The Morgan fingerprint density at radius 3 is 2.31 bits per heavy atom. The molecule has 0 spiro atoms. The van der Waals surface area contributed by atoms with Crippen molar-refractivity contribution in [2.24, 2.45) is 0 Å². The number of imidazole rings is 1. The van der Waals surface area contributed by atoms with Gasteiger partial charge in [0.1, 0.15) is 17.5 Å². The molecule has 4 rings (SSSR count). The second-order valence-electron chi connectivity index (χ2n) is 7.20. The number of rotatable bonds is 5. The molecule has 0 N–H and O–H groups in total. The van der Waals surface area contributed by atoms with Crippen molar-refractivity contribution in [1.29, 1.82) is 0 Å². The summed E-state index contributed by atoms with van der Waals surface area (Å²) in [5.41, 5.74) is 1.80. The smallest absolute Gasteiger partial charge is 0.243 e. The lowest BCUT2D eigenvalue weighted by atomic mass is 10.2. The van der Waals surface area contributed by atoms with Gasteiger partial charge in [-0.2, -0.15) is 4.31 Å². The normalized spacial score (nSPS) is 17.7. The minimum atomic E-state index is -3.78. The summed E-state index contributed by atoms with van der Waals surface area (Å²) in [5, 5.41) is 0. The first-order valence-corrected chi connectivity index (χ1v) is 10.8. The van der Waals surface area contributed by atoms with E-state index in [1.807, 2.05) is 11.5 Å². The van der Waals surface area contributed by atoms with Crippen LogP contribution in [0.25, 0.3) is 0 Å². The Kier molecular flexibility index (Phi) is 5.23. The van der Waals surface area contributed by atoms with Crippen LogP contribution >= 0.6 is 0 Å². The van der Waals surface area contributed by atoms with Crippen molar-refractivity contribution in [1.82, 2.24) is 13.9 Å². The quantitative estimate of drug-likeness (QED) is 0.630. The fourth-order valence-corrected chi connectivity index (χ4v) is 5.41. The Hall–Kier alpha value is -2.58. The highest BCUT2D eigenvalue weighted by Crippen LogP contribution is 2.36. The molecule has 5 nitrogen and oxygen atoms in total. The fraction of sp³-hybridized carbons (Fsp3) is 0.286. The summed E-state index contributed by atoms with van der Waals surface area (Å²) in [7, 11) is -3.78. The van der Waals surface area contributed by atoms with Crippen molar-refractivity contribution in [3.8, 4) is 0 Å². The molecule has 1 aliphatic heterocycles. The SMILES string of the molecule is Cc1cnc(C2CCCN2S(=O)(=O)c2ccc(F)cc2)n1Cc1ccc(F)cc1. The summed E-state index contributed by atoms with van der Waals surface area (Å²) < 4.78 is 56.2. The Bertz CT molecular complexity index is 1110. The van der Waals surface area contributed by atoms with E-state index in [0.29, 0.717) is 31.8 Å². The number of hydrogen-bond donors (Lipinski definition) is 0. The van der Waals surface area contributed by atoms with E-state index in [4.69, 9.17) is 0 Å². The first-order valence-electron chi connectivity index (χ1n) is 9.40. The molecule has 0 saturated carbocycles. The average Bonchev–Trinajstić information content (AvgIpc) is 3.32. The van der Waals surface area contributed by atoms with Crippen LogP contribution in [0.15, 0.2) is 59.6 Å². The van der Waals surface area contributed by atoms with Gasteiger partial charge in [0.05, 0.1) is 10.9 Å². The van der Waals surface area contributed by atoms with Crippen molar-refractivity contribution in [3.05, 3.63) is 83.4 Å². The maximum absolute atomic E-state index is 13.2. The lowest BCUT2D eigenvalue weighted by Gasteiger charge is -2.25. The Balaban J connectivity index is 1.67. The summed E-state index contributed by atoms with van der Waals surface area (Å²) in [6.07, 6.45) is 3.09. The number of aromatic nitrogens is 2. The molecule has 8 heteroatoms. The molecule has 0 radical (unpaired) electrons. The predicted octanol–water partition coefficient (Wildman–Crippen LogP) is 4.04. The maximum Gasteiger partial charge on any atom is 0.243 e. The molecule has 0 bridgehead atoms. The Morgan fingerprint density at radius 1 is 1.03 bits per heavy atom. The van der Waals surface area contributed by atoms with E-state index in [-0.39, 0.29) is 10.7 Å². The van der Waals surface area contributed by atoms with Crippen molar-refractivity contribution in [2.45, 2.75) is 37.2 Å². The van der Waals surface area contributed by atoms with Crippen LogP contribution in [0.3, 0.4) is 0 Å². The number of sulfonamides is 1. The molecule has 1 fully saturated rings. The van der Waals surface area contributed by atoms with Crippen LogP contribution < -0.4 is 0 Å². The molecule has 1 aromatic heterocycles. The second kappa shape index (κ2) is 7.68. The number of hydrogen-bond acceptors (Lipinski definition) is 3. The minimum absolute atomic E-state index is 0.0687. The maximum atomic E-state index is 13.2. The van der Waals surface area contributed by atoms with Gasteiger partial charge in [0, 0.05) is 25.0 Å². The summed E-state index contributed by atoms with van der Waals surface area (Å²) in [4.78, 5) is 4.57. The standard InChI is InChI=1S/C21H21F2N3O2S/c1-15-13-24-21(25(15)14-16-4-6-17(22)7-5-16)20-3-2-12-26(20)29(27,28)19-10-8-18(23)9-11-19/h4-11,13,20H,2-3,12,14H2,1H3. The predicted molar refractivity (Wildman–Crippen MR) is 105 cm³/mol.